The molecule has 0 bridgehead atoms. The summed E-state index contributed by atoms with van der Waals surface area (Å²) in [5, 5.41) is 2.73. The van der Waals surface area contributed by atoms with Gasteiger partial charge in [0.1, 0.15) is 12.4 Å². The molecule has 1 saturated carbocycles. The van der Waals surface area contributed by atoms with Gasteiger partial charge in [-0.25, -0.2) is 4.39 Å². The number of rotatable bonds is 7. The maximum Gasteiger partial charge on any atom is 0.254 e. The molecule has 0 radical (unpaired) electrons. The highest BCUT2D eigenvalue weighted by Crippen LogP contribution is 2.31. The van der Waals surface area contributed by atoms with Crippen molar-refractivity contribution < 1.29 is 18.7 Å². The number of carbonyl (C=O) groups excluding carboxylic acids is 2. The van der Waals surface area contributed by atoms with Gasteiger partial charge in [0.25, 0.3) is 5.91 Å². The van der Waals surface area contributed by atoms with E-state index in [9.17, 15) is 14.0 Å². The lowest BCUT2D eigenvalue weighted by atomic mass is 9.95. The Morgan fingerprint density at radius 3 is 2.55 bits per heavy atom. The van der Waals surface area contributed by atoms with Gasteiger partial charge in [0.15, 0.2) is 0 Å². The van der Waals surface area contributed by atoms with E-state index >= 15 is 0 Å². The molecule has 0 aromatic heterocycles. The number of likely N-dealkylation sites (tertiary alicyclic amines) is 1. The lowest BCUT2D eigenvalue weighted by Gasteiger charge is -2.38. The van der Waals surface area contributed by atoms with Crippen molar-refractivity contribution in [3.63, 3.8) is 0 Å². The first kappa shape index (κ1) is 20.3. The van der Waals surface area contributed by atoms with Gasteiger partial charge < -0.3 is 19.9 Å². The van der Waals surface area contributed by atoms with Gasteiger partial charge >= 0.3 is 0 Å². The minimum Gasteiger partial charge on any atom is -0.365 e. The smallest absolute Gasteiger partial charge is 0.254 e. The standard InChI is InChI=1S/C22H30FN3O3/c23-20-4-2-1-3-19(20)22(28)24-11-18-14-26(21(27)15-29-18)13-17-7-9-25(10-8-17)12-16-5-6-16/h1-4,16-18H,5-15H2,(H,24,28)/t18-/m0/s1. The number of carbonyl (C=O) groups is 2. The van der Waals surface area contributed by atoms with Crippen molar-refractivity contribution in [2.75, 3.05) is 45.9 Å². The van der Waals surface area contributed by atoms with E-state index in [-0.39, 0.29) is 30.7 Å². The zero-order valence-corrected chi connectivity index (χ0v) is 16.8. The summed E-state index contributed by atoms with van der Waals surface area (Å²) in [5.41, 5.74) is 0.0224. The summed E-state index contributed by atoms with van der Waals surface area (Å²) in [6, 6.07) is 5.90. The molecule has 0 unspecified atom stereocenters. The van der Waals surface area contributed by atoms with Crippen molar-refractivity contribution in [2.45, 2.75) is 31.8 Å². The van der Waals surface area contributed by atoms with Crippen LogP contribution in [-0.4, -0.2) is 73.6 Å². The van der Waals surface area contributed by atoms with Crippen molar-refractivity contribution in [3.8, 4) is 0 Å². The van der Waals surface area contributed by atoms with E-state index in [0.29, 0.717) is 12.5 Å². The molecule has 2 saturated heterocycles. The summed E-state index contributed by atoms with van der Waals surface area (Å²) in [5.74, 6) is 0.466. The van der Waals surface area contributed by atoms with E-state index in [1.807, 2.05) is 4.90 Å². The highest BCUT2D eigenvalue weighted by atomic mass is 19.1. The summed E-state index contributed by atoms with van der Waals surface area (Å²) in [7, 11) is 0. The van der Waals surface area contributed by atoms with Crippen LogP contribution in [0.3, 0.4) is 0 Å². The SMILES string of the molecule is O=C(NC[C@H]1CN(CC2CCN(CC3CC3)CC2)C(=O)CO1)c1ccccc1F. The third kappa shape index (κ3) is 5.54. The molecule has 1 aliphatic carbocycles. The number of benzene rings is 1. The number of amides is 2. The monoisotopic (exact) mass is 403 g/mol. The van der Waals surface area contributed by atoms with E-state index in [4.69, 9.17) is 4.74 Å². The van der Waals surface area contributed by atoms with E-state index in [1.165, 1.54) is 31.5 Å². The van der Waals surface area contributed by atoms with Gasteiger partial charge in [-0.3, -0.25) is 9.59 Å². The first-order chi connectivity index (χ1) is 14.1. The number of piperidine rings is 1. The summed E-state index contributed by atoms with van der Waals surface area (Å²) in [4.78, 5) is 28.9. The van der Waals surface area contributed by atoms with Gasteiger partial charge in [-0.05, 0) is 62.7 Å². The first-order valence-electron chi connectivity index (χ1n) is 10.7. The van der Waals surface area contributed by atoms with Crippen LogP contribution in [0.4, 0.5) is 4.39 Å². The van der Waals surface area contributed by atoms with E-state index < -0.39 is 11.7 Å². The van der Waals surface area contributed by atoms with Crippen LogP contribution in [0.1, 0.15) is 36.0 Å². The van der Waals surface area contributed by atoms with Crippen molar-refractivity contribution in [1.82, 2.24) is 15.1 Å². The second kappa shape index (κ2) is 9.22. The fourth-order valence-corrected chi connectivity index (χ4v) is 4.26. The summed E-state index contributed by atoms with van der Waals surface area (Å²) in [6.07, 6.45) is 4.77. The van der Waals surface area contributed by atoms with Gasteiger partial charge in [-0.2, -0.15) is 0 Å². The van der Waals surface area contributed by atoms with Gasteiger partial charge in [-0.15, -0.1) is 0 Å². The molecule has 7 heteroatoms. The van der Waals surface area contributed by atoms with Crippen LogP contribution in [0.5, 0.6) is 0 Å². The molecular formula is C22H30FN3O3. The molecule has 1 N–H and O–H groups in total. The minimum absolute atomic E-state index is 0.0158. The molecule has 2 amide bonds. The van der Waals surface area contributed by atoms with Crippen LogP contribution >= 0.6 is 0 Å². The van der Waals surface area contributed by atoms with Gasteiger partial charge in [0, 0.05) is 26.2 Å². The Kier molecular flexibility index (Phi) is 6.45. The molecule has 1 atom stereocenters. The van der Waals surface area contributed by atoms with Crippen LogP contribution in [0, 0.1) is 17.7 Å². The Labute approximate surface area is 171 Å². The third-order valence-electron chi connectivity index (χ3n) is 6.23. The molecule has 158 valence electrons. The minimum atomic E-state index is -0.542. The summed E-state index contributed by atoms with van der Waals surface area (Å²) >= 11 is 0. The predicted octanol–water partition coefficient (Wildman–Crippen LogP) is 1.90. The largest absolute Gasteiger partial charge is 0.365 e. The van der Waals surface area contributed by atoms with Crippen molar-refractivity contribution in [3.05, 3.63) is 35.6 Å². The number of hydrogen-bond donors (Lipinski definition) is 1. The van der Waals surface area contributed by atoms with Gasteiger partial charge in [0.2, 0.25) is 5.91 Å². The van der Waals surface area contributed by atoms with Crippen molar-refractivity contribution >= 4 is 11.8 Å². The highest BCUT2D eigenvalue weighted by Gasteiger charge is 2.31. The maximum absolute atomic E-state index is 13.7. The number of halogens is 1. The van der Waals surface area contributed by atoms with Crippen molar-refractivity contribution in [2.24, 2.45) is 11.8 Å². The number of nitrogens with one attached hydrogen (secondary N) is 1. The molecule has 1 aromatic rings. The van der Waals surface area contributed by atoms with Crippen LogP contribution < -0.4 is 5.32 Å². The Hall–Kier alpha value is -1.99. The highest BCUT2D eigenvalue weighted by molar-refractivity contribution is 5.94. The molecule has 2 aliphatic heterocycles. The number of hydrogen-bond acceptors (Lipinski definition) is 4. The Morgan fingerprint density at radius 1 is 1.10 bits per heavy atom. The lowest BCUT2D eigenvalue weighted by molar-refractivity contribution is -0.149. The maximum atomic E-state index is 13.7. The predicted molar refractivity (Wildman–Crippen MR) is 107 cm³/mol. The first-order valence-corrected chi connectivity index (χ1v) is 10.7. The zero-order valence-electron chi connectivity index (χ0n) is 16.8. The second-order valence-electron chi connectivity index (χ2n) is 8.61. The normalized spacial score (nSPS) is 24.0. The van der Waals surface area contributed by atoms with E-state index in [2.05, 4.69) is 10.2 Å². The van der Waals surface area contributed by atoms with E-state index in [0.717, 1.165) is 38.4 Å². The van der Waals surface area contributed by atoms with Gasteiger partial charge in [-0.1, -0.05) is 12.1 Å². The Morgan fingerprint density at radius 2 is 1.83 bits per heavy atom. The Balaban J connectivity index is 1.22. The molecule has 4 rings (SSSR count). The summed E-state index contributed by atoms with van der Waals surface area (Å²) in [6.45, 7) is 5.03. The zero-order chi connectivity index (χ0) is 20.2. The molecular weight excluding hydrogens is 373 g/mol. The topological polar surface area (TPSA) is 61.9 Å². The fraction of sp³-hybridized carbons (Fsp3) is 0.636. The van der Waals surface area contributed by atoms with Gasteiger partial charge in [0.05, 0.1) is 11.7 Å². The molecule has 1 aromatic carbocycles. The van der Waals surface area contributed by atoms with Crippen LogP contribution in [0.15, 0.2) is 24.3 Å². The van der Waals surface area contributed by atoms with Crippen LogP contribution in [0.25, 0.3) is 0 Å². The third-order valence-corrected chi connectivity index (χ3v) is 6.23. The van der Waals surface area contributed by atoms with Crippen LogP contribution in [-0.2, 0) is 9.53 Å². The van der Waals surface area contributed by atoms with E-state index in [1.54, 1.807) is 12.1 Å². The number of ether oxygens (including phenoxy) is 1. The average Bonchev–Trinajstić information content (AvgIpc) is 3.54. The number of morpholine rings is 1. The molecule has 3 aliphatic rings. The summed E-state index contributed by atoms with van der Waals surface area (Å²) < 4.78 is 19.3. The number of nitrogens with zero attached hydrogens (tertiary/aromatic N) is 2. The molecule has 6 nitrogen and oxygen atoms in total. The Bertz CT molecular complexity index is 732. The molecule has 2 heterocycles. The molecule has 0 spiro atoms. The average molecular weight is 403 g/mol. The van der Waals surface area contributed by atoms with Crippen molar-refractivity contribution in [1.29, 1.82) is 0 Å². The lowest BCUT2D eigenvalue weighted by Crippen LogP contribution is -2.52. The molecule has 29 heavy (non-hydrogen) atoms. The fourth-order valence-electron chi connectivity index (χ4n) is 4.26. The van der Waals surface area contributed by atoms with Crippen LogP contribution in [0.2, 0.25) is 0 Å². The quantitative estimate of drug-likeness (QED) is 0.756. The second-order valence-corrected chi connectivity index (χ2v) is 8.61. The molecule has 3 fully saturated rings.